The van der Waals surface area contributed by atoms with Crippen molar-refractivity contribution in [1.29, 1.82) is 0 Å². The van der Waals surface area contributed by atoms with E-state index in [1.54, 1.807) is 11.9 Å². The summed E-state index contributed by atoms with van der Waals surface area (Å²) in [6.45, 7) is 0.958. The summed E-state index contributed by atoms with van der Waals surface area (Å²) in [7, 11) is 5.59. The van der Waals surface area contributed by atoms with Gasteiger partial charge in [0.25, 0.3) is 0 Å². The van der Waals surface area contributed by atoms with Crippen molar-refractivity contribution in [3.05, 3.63) is 35.9 Å². The summed E-state index contributed by atoms with van der Waals surface area (Å²) >= 11 is 0. The van der Waals surface area contributed by atoms with Gasteiger partial charge in [-0.15, -0.1) is 12.3 Å². The van der Waals surface area contributed by atoms with Gasteiger partial charge in [-0.1, -0.05) is 62.4 Å². The molecule has 2 rings (SSSR count). The van der Waals surface area contributed by atoms with Crippen LogP contribution >= 0.6 is 0 Å². The fourth-order valence-electron chi connectivity index (χ4n) is 5.14. The van der Waals surface area contributed by atoms with E-state index in [0.717, 1.165) is 31.2 Å². The molecular weight excluding hydrogens is 508 g/mol. The minimum Gasteiger partial charge on any atom is -0.389 e. The lowest BCUT2D eigenvalue weighted by atomic mass is 9.83. The van der Waals surface area contributed by atoms with Crippen LogP contribution in [-0.2, 0) is 20.8 Å². The predicted octanol–water partition coefficient (Wildman–Crippen LogP) is 1.57. The van der Waals surface area contributed by atoms with Gasteiger partial charge in [0.05, 0.1) is 24.6 Å². The Morgan fingerprint density at radius 2 is 1.73 bits per heavy atom. The maximum atomic E-state index is 13.2. The zero-order valence-corrected chi connectivity index (χ0v) is 24.3. The number of hydrogen-bond acceptors (Lipinski definition) is 6. The number of carbonyl (C=O) groups excluding carboxylic acids is 3. The lowest BCUT2D eigenvalue weighted by Crippen LogP contribution is -2.52. The van der Waals surface area contributed by atoms with Crippen LogP contribution in [0.4, 0.5) is 0 Å². The molecule has 1 aliphatic rings. The van der Waals surface area contributed by atoms with Gasteiger partial charge in [0.2, 0.25) is 17.7 Å². The van der Waals surface area contributed by atoms with Crippen molar-refractivity contribution in [2.24, 2.45) is 11.8 Å². The van der Waals surface area contributed by atoms with E-state index in [-0.39, 0.29) is 31.2 Å². The Balaban J connectivity index is 2.03. The Labute approximate surface area is 239 Å². The molecule has 4 atom stereocenters. The van der Waals surface area contributed by atoms with Crippen molar-refractivity contribution in [3.63, 3.8) is 0 Å². The Bertz CT molecular complexity index is 958. The van der Waals surface area contributed by atoms with E-state index >= 15 is 0 Å². The van der Waals surface area contributed by atoms with Gasteiger partial charge in [0.15, 0.2) is 0 Å². The Morgan fingerprint density at radius 1 is 1.05 bits per heavy atom. The molecule has 0 aliphatic heterocycles. The molecule has 0 radical (unpaired) electrons. The minimum absolute atomic E-state index is 0.0207. The third-order valence-electron chi connectivity index (χ3n) is 7.64. The van der Waals surface area contributed by atoms with Crippen LogP contribution in [0.3, 0.4) is 0 Å². The Kier molecular flexibility index (Phi) is 14.7. The van der Waals surface area contributed by atoms with Crippen molar-refractivity contribution in [2.75, 3.05) is 40.8 Å². The maximum absolute atomic E-state index is 13.2. The summed E-state index contributed by atoms with van der Waals surface area (Å²) in [5.41, 5.74) is 0.925. The molecule has 40 heavy (non-hydrogen) atoms. The molecule has 4 N–H and O–H groups in total. The summed E-state index contributed by atoms with van der Waals surface area (Å²) < 4.78 is 0. The molecule has 1 saturated carbocycles. The predicted molar refractivity (Wildman–Crippen MR) is 156 cm³/mol. The van der Waals surface area contributed by atoms with Gasteiger partial charge in [0.1, 0.15) is 6.10 Å². The van der Waals surface area contributed by atoms with Gasteiger partial charge in [-0.05, 0) is 38.4 Å². The van der Waals surface area contributed by atoms with Crippen molar-refractivity contribution >= 4 is 17.7 Å². The monoisotopic (exact) mass is 556 g/mol. The van der Waals surface area contributed by atoms with Gasteiger partial charge in [-0.3, -0.25) is 14.4 Å². The second kappa shape index (κ2) is 17.7. The van der Waals surface area contributed by atoms with E-state index in [9.17, 15) is 24.6 Å². The number of terminal acetylenes is 1. The van der Waals surface area contributed by atoms with Crippen molar-refractivity contribution < 1.29 is 24.6 Å². The average molecular weight is 557 g/mol. The lowest BCUT2D eigenvalue weighted by Gasteiger charge is -2.32. The number of hydrogen-bond donors (Lipinski definition) is 4. The average Bonchev–Trinajstić information content (AvgIpc) is 2.94. The zero-order valence-electron chi connectivity index (χ0n) is 24.3. The van der Waals surface area contributed by atoms with Crippen LogP contribution in [0.1, 0.15) is 56.9 Å². The van der Waals surface area contributed by atoms with E-state index in [0.29, 0.717) is 31.8 Å². The normalized spacial score (nSPS) is 16.8. The van der Waals surface area contributed by atoms with E-state index in [1.807, 2.05) is 49.3 Å². The third kappa shape index (κ3) is 12.1. The van der Waals surface area contributed by atoms with Crippen LogP contribution in [-0.4, -0.2) is 96.8 Å². The van der Waals surface area contributed by atoms with E-state index in [2.05, 4.69) is 16.6 Å². The SMILES string of the molecule is C#CC[C@H](O)[C@H](O)[C@H](CC1CCCCC1)NC(=O)CNC(=O)[C@@H](CC(=O)N(C)CCN(C)C)Cc1ccccc1. The molecule has 1 aromatic carbocycles. The number of aliphatic hydroxyl groups is 2. The molecule has 9 heteroatoms. The topological polar surface area (TPSA) is 122 Å². The fraction of sp³-hybridized carbons (Fsp3) is 0.645. The molecule has 0 aromatic heterocycles. The van der Waals surface area contributed by atoms with Crippen LogP contribution in [0.25, 0.3) is 0 Å². The van der Waals surface area contributed by atoms with Crippen LogP contribution in [0, 0.1) is 24.2 Å². The summed E-state index contributed by atoms with van der Waals surface area (Å²) in [5, 5.41) is 26.6. The number of benzene rings is 1. The minimum atomic E-state index is -1.21. The summed E-state index contributed by atoms with van der Waals surface area (Å²) in [6, 6.07) is 8.80. The number of amides is 3. The third-order valence-corrected chi connectivity index (χ3v) is 7.64. The summed E-state index contributed by atoms with van der Waals surface area (Å²) in [5.74, 6) is 1.06. The highest BCUT2D eigenvalue weighted by molar-refractivity contribution is 5.89. The summed E-state index contributed by atoms with van der Waals surface area (Å²) in [4.78, 5) is 42.6. The highest BCUT2D eigenvalue weighted by atomic mass is 16.3. The number of rotatable bonds is 16. The molecule has 3 amide bonds. The Morgan fingerprint density at radius 3 is 2.35 bits per heavy atom. The molecular formula is C31H48N4O5. The van der Waals surface area contributed by atoms with Crippen LogP contribution in [0.5, 0.6) is 0 Å². The van der Waals surface area contributed by atoms with Crippen molar-refractivity contribution in [1.82, 2.24) is 20.4 Å². The molecule has 0 heterocycles. The van der Waals surface area contributed by atoms with E-state index in [1.165, 1.54) is 6.42 Å². The van der Waals surface area contributed by atoms with E-state index in [4.69, 9.17) is 6.42 Å². The molecule has 0 spiro atoms. The Hall–Kier alpha value is -2.93. The van der Waals surface area contributed by atoms with Crippen LogP contribution in [0.2, 0.25) is 0 Å². The van der Waals surface area contributed by atoms with Gasteiger partial charge < -0.3 is 30.6 Å². The number of aliphatic hydroxyl groups excluding tert-OH is 2. The number of likely N-dealkylation sites (N-methyl/N-ethyl adjacent to an activating group) is 2. The fourth-order valence-corrected chi connectivity index (χ4v) is 5.14. The van der Waals surface area contributed by atoms with Crippen LogP contribution < -0.4 is 10.6 Å². The first-order valence-electron chi connectivity index (χ1n) is 14.4. The molecule has 9 nitrogen and oxygen atoms in total. The molecule has 222 valence electrons. The first kappa shape index (κ1) is 33.3. The van der Waals surface area contributed by atoms with Crippen LogP contribution in [0.15, 0.2) is 30.3 Å². The molecule has 1 aliphatic carbocycles. The number of nitrogens with zero attached hydrogens (tertiary/aromatic N) is 2. The van der Waals surface area contributed by atoms with Crippen molar-refractivity contribution in [2.45, 2.75) is 76.0 Å². The van der Waals surface area contributed by atoms with Gasteiger partial charge in [-0.25, -0.2) is 0 Å². The first-order chi connectivity index (χ1) is 19.1. The first-order valence-corrected chi connectivity index (χ1v) is 14.4. The molecule has 0 unspecified atom stereocenters. The van der Waals surface area contributed by atoms with Gasteiger partial charge in [0, 0.05) is 33.0 Å². The lowest BCUT2D eigenvalue weighted by molar-refractivity contribution is -0.136. The largest absolute Gasteiger partial charge is 0.389 e. The maximum Gasteiger partial charge on any atom is 0.239 e. The van der Waals surface area contributed by atoms with E-state index < -0.39 is 30.1 Å². The zero-order chi connectivity index (χ0) is 29.5. The molecule has 0 bridgehead atoms. The number of nitrogens with one attached hydrogen (secondary N) is 2. The number of carbonyl (C=O) groups is 3. The van der Waals surface area contributed by atoms with Gasteiger partial charge in [-0.2, -0.15) is 0 Å². The second-order valence-corrected chi connectivity index (χ2v) is 11.3. The second-order valence-electron chi connectivity index (χ2n) is 11.3. The molecule has 1 fully saturated rings. The molecule has 0 saturated heterocycles. The summed E-state index contributed by atoms with van der Waals surface area (Å²) in [6.07, 6.45) is 9.27. The highest BCUT2D eigenvalue weighted by Crippen LogP contribution is 2.28. The highest BCUT2D eigenvalue weighted by Gasteiger charge is 2.31. The van der Waals surface area contributed by atoms with Gasteiger partial charge >= 0.3 is 0 Å². The standard InChI is InChI=1S/C31H48N4O5/c1-5-12-27(36)30(39)26(20-24-15-10-7-11-16-24)33-28(37)22-32-31(40)25(19-23-13-8-6-9-14-23)21-29(38)35(4)18-17-34(2)3/h1,6,8-9,13-14,24-27,30,36,39H,7,10-12,15-22H2,2-4H3,(H,32,40)(H,33,37)/t25-,26+,27+,30-/m1/s1. The molecule has 1 aromatic rings. The quantitative estimate of drug-likeness (QED) is 0.229. The smallest absolute Gasteiger partial charge is 0.239 e. The van der Waals surface area contributed by atoms with Crippen molar-refractivity contribution in [3.8, 4) is 12.3 Å².